The molecule has 4 rings (SSSR count). The third kappa shape index (κ3) is 3.85. The van der Waals surface area contributed by atoms with Gasteiger partial charge < -0.3 is 4.90 Å². The first-order valence-electron chi connectivity index (χ1n) is 10.3. The maximum absolute atomic E-state index is 12.9. The Morgan fingerprint density at radius 2 is 1.73 bits per heavy atom. The minimum atomic E-state index is 0.233. The van der Waals surface area contributed by atoms with Gasteiger partial charge in [0.15, 0.2) is 0 Å². The van der Waals surface area contributed by atoms with Gasteiger partial charge >= 0.3 is 0 Å². The van der Waals surface area contributed by atoms with Gasteiger partial charge in [-0.2, -0.15) is 0 Å². The Morgan fingerprint density at radius 1 is 0.923 bits per heavy atom. The number of nitrogens with zero attached hydrogens (tertiary/aromatic N) is 1. The van der Waals surface area contributed by atoms with Crippen LogP contribution in [0.2, 0.25) is 0 Å². The van der Waals surface area contributed by atoms with Gasteiger partial charge in [-0.15, -0.1) is 0 Å². The summed E-state index contributed by atoms with van der Waals surface area (Å²) in [4.78, 5) is 14.9. The number of carbonyl (C=O) groups excluding carboxylic acids is 1. The largest absolute Gasteiger partial charge is 0.339 e. The summed E-state index contributed by atoms with van der Waals surface area (Å²) in [5.41, 5.74) is 5.19. The number of hydrogen-bond donors (Lipinski definition) is 0. The third-order valence-electron chi connectivity index (χ3n) is 6.05. The Kier molecular flexibility index (Phi) is 5.38. The molecule has 0 bridgehead atoms. The van der Waals surface area contributed by atoms with Crippen LogP contribution in [0.5, 0.6) is 0 Å². The van der Waals surface area contributed by atoms with E-state index in [1.807, 2.05) is 4.90 Å². The summed E-state index contributed by atoms with van der Waals surface area (Å²) in [6.45, 7) is 1.85. The first-order chi connectivity index (χ1) is 12.8. The van der Waals surface area contributed by atoms with Crippen LogP contribution in [-0.4, -0.2) is 23.9 Å². The zero-order chi connectivity index (χ0) is 17.8. The molecule has 1 unspecified atom stereocenters. The zero-order valence-electron chi connectivity index (χ0n) is 15.6. The lowest BCUT2D eigenvalue weighted by Gasteiger charge is -2.27. The Labute approximate surface area is 157 Å². The molecule has 1 aliphatic heterocycles. The van der Waals surface area contributed by atoms with E-state index in [-0.39, 0.29) is 5.91 Å². The van der Waals surface area contributed by atoms with Gasteiger partial charge in [0, 0.05) is 18.7 Å². The van der Waals surface area contributed by atoms with E-state index in [4.69, 9.17) is 0 Å². The highest BCUT2D eigenvalue weighted by Gasteiger charge is 2.23. The summed E-state index contributed by atoms with van der Waals surface area (Å²) < 4.78 is 0. The van der Waals surface area contributed by atoms with E-state index < -0.39 is 0 Å². The molecule has 2 heteroatoms. The summed E-state index contributed by atoms with van der Waals surface area (Å²) in [5, 5.41) is 0. The van der Waals surface area contributed by atoms with E-state index in [1.165, 1.54) is 42.4 Å². The molecular weight excluding hydrogens is 318 g/mol. The van der Waals surface area contributed by atoms with E-state index in [0.717, 1.165) is 44.3 Å². The number of piperidine rings is 1. The van der Waals surface area contributed by atoms with E-state index >= 15 is 0 Å². The first kappa shape index (κ1) is 17.3. The van der Waals surface area contributed by atoms with E-state index in [1.54, 1.807) is 0 Å². The summed E-state index contributed by atoms with van der Waals surface area (Å²) >= 11 is 0. The lowest BCUT2D eigenvalue weighted by atomic mass is 9.86. The molecule has 1 fully saturated rings. The summed E-state index contributed by atoms with van der Waals surface area (Å²) in [5.74, 6) is 0.811. The minimum absolute atomic E-state index is 0.233. The van der Waals surface area contributed by atoms with Crippen LogP contribution in [0.4, 0.5) is 0 Å². The Hall–Kier alpha value is -2.09. The summed E-state index contributed by atoms with van der Waals surface area (Å²) in [7, 11) is 0. The molecule has 2 aliphatic rings. The zero-order valence-corrected chi connectivity index (χ0v) is 15.6. The number of benzene rings is 2. The predicted octanol–water partition coefficient (Wildman–Crippen LogP) is 5.37. The average Bonchev–Trinajstić information content (AvgIpc) is 2.90. The van der Waals surface area contributed by atoms with Gasteiger partial charge in [0.2, 0.25) is 0 Å². The number of fused-ring (bicyclic) bond motifs is 1. The topological polar surface area (TPSA) is 20.3 Å². The van der Waals surface area contributed by atoms with Gasteiger partial charge in [0.1, 0.15) is 0 Å². The van der Waals surface area contributed by atoms with Crippen LogP contribution in [0.3, 0.4) is 0 Å². The number of rotatable bonds is 3. The molecule has 1 aliphatic carbocycles. The average molecular weight is 348 g/mol. The standard InChI is InChI=1S/C24H29NO/c26-24(25-15-7-2-8-16-25)22-13-14-23-20(11-5-6-12-21(23)18-22)17-19-9-3-1-4-10-19/h1,3-4,9-10,13-14,18,20H,2,5-8,11-12,15-17H2. The van der Waals surface area contributed by atoms with Crippen LogP contribution >= 0.6 is 0 Å². The molecule has 1 saturated heterocycles. The fraction of sp³-hybridized carbons (Fsp3) is 0.458. The second-order valence-electron chi connectivity index (χ2n) is 7.90. The maximum atomic E-state index is 12.9. The van der Waals surface area contributed by atoms with E-state index in [9.17, 15) is 4.79 Å². The van der Waals surface area contributed by atoms with Crippen LogP contribution in [0.15, 0.2) is 48.5 Å². The number of amides is 1. The van der Waals surface area contributed by atoms with E-state index in [2.05, 4.69) is 48.5 Å². The van der Waals surface area contributed by atoms with Crippen molar-refractivity contribution in [2.45, 2.75) is 57.3 Å². The number of hydrogen-bond acceptors (Lipinski definition) is 1. The van der Waals surface area contributed by atoms with Crippen molar-refractivity contribution in [2.24, 2.45) is 0 Å². The molecule has 1 heterocycles. The monoisotopic (exact) mass is 347 g/mol. The molecule has 1 amide bonds. The van der Waals surface area contributed by atoms with Crippen molar-refractivity contribution in [2.75, 3.05) is 13.1 Å². The maximum Gasteiger partial charge on any atom is 0.253 e. The fourth-order valence-electron chi connectivity index (χ4n) is 4.61. The van der Waals surface area contributed by atoms with Crippen LogP contribution in [0, 0.1) is 0 Å². The lowest BCUT2D eigenvalue weighted by molar-refractivity contribution is 0.0724. The fourth-order valence-corrected chi connectivity index (χ4v) is 4.61. The highest BCUT2D eigenvalue weighted by Crippen LogP contribution is 2.34. The van der Waals surface area contributed by atoms with Crippen molar-refractivity contribution in [1.82, 2.24) is 4.90 Å². The summed E-state index contributed by atoms with van der Waals surface area (Å²) in [6, 6.07) is 17.4. The van der Waals surface area contributed by atoms with E-state index in [0.29, 0.717) is 5.92 Å². The molecule has 2 nitrogen and oxygen atoms in total. The van der Waals surface area contributed by atoms with Crippen LogP contribution in [0.25, 0.3) is 0 Å². The van der Waals surface area contributed by atoms with Gasteiger partial charge in [0.05, 0.1) is 0 Å². The van der Waals surface area contributed by atoms with Crippen molar-refractivity contribution in [1.29, 1.82) is 0 Å². The molecule has 2 aromatic rings. The number of carbonyl (C=O) groups is 1. The quantitative estimate of drug-likeness (QED) is 0.684. The van der Waals surface area contributed by atoms with Gasteiger partial charge in [-0.05, 0) is 79.7 Å². The number of aryl methyl sites for hydroxylation is 1. The smallest absolute Gasteiger partial charge is 0.253 e. The normalized spacial score (nSPS) is 20.3. The van der Waals surface area contributed by atoms with Crippen molar-refractivity contribution in [3.05, 3.63) is 70.8 Å². The number of likely N-dealkylation sites (tertiary alicyclic amines) is 1. The molecule has 0 aromatic heterocycles. The third-order valence-corrected chi connectivity index (χ3v) is 6.05. The molecular formula is C24H29NO. The van der Waals surface area contributed by atoms with Crippen LogP contribution in [0.1, 0.15) is 71.5 Å². The molecule has 1 atom stereocenters. The molecule has 26 heavy (non-hydrogen) atoms. The van der Waals surface area contributed by atoms with Crippen molar-refractivity contribution >= 4 is 5.91 Å². The van der Waals surface area contributed by atoms with Crippen molar-refractivity contribution in [3.63, 3.8) is 0 Å². The van der Waals surface area contributed by atoms with Gasteiger partial charge in [-0.25, -0.2) is 0 Å². The highest BCUT2D eigenvalue weighted by atomic mass is 16.2. The predicted molar refractivity (Wildman–Crippen MR) is 107 cm³/mol. The summed E-state index contributed by atoms with van der Waals surface area (Å²) in [6.07, 6.45) is 9.54. The second-order valence-corrected chi connectivity index (χ2v) is 7.90. The molecule has 0 spiro atoms. The van der Waals surface area contributed by atoms with Crippen LogP contribution in [-0.2, 0) is 12.8 Å². The molecule has 2 aromatic carbocycles. The second kappa shape index (κ2) is 8.07. The molecule has 136 valence electrons. The van der Waals surface area contributed by atoms with Crippen molar-refractivity contribution in [3.8, 4) is 0 Å². The molecule has 0 radical (unpaired) electrons. The Balaban J connectivity index is 1.57. The Morgan fingerprint density at radius 3 is 2.54 bits per heavy atom. The Bertz CT molecular complexity index is 746. The first-order valence-corrected chi connectivity index (χ1v) is 10.3. The lowest BCUT2D eigenvalue weighted by Crippen LogP contribution is -2.35. The molecule has 0 N–H and O–H groups in total. The highest BCUT2D eigenvalue weighted by molar-refractivity contribution is 5.94. The molecule has 0 saturated carbocycles. The van der Waals surface area contributed by atoms with Crippen molar-refractivity contribution < 1.29 is 4.79 Å². The van der Waals surface area contributed by atoms with Gasteiger partial charge in [0.25, 0.3) is 5.91 Å². The van der Waals surface area contributed by atoms with Gasteiger partial charge in [-0.1, -0.05) is 42.8 Å². The SMILES string of the molecule is O=C(c1ccc2c(c1)CCCCC2Cc1ccccc1)N1CCCCC1. The van der Waals surface area contributed by atoms with Gasteiger partial charge in [-0.3, -0.25) is 4.79 Å². The van der Waals surface area contributed by atoms with Crippen LogP contribution < -0.4 is 0 Å². The minimum Gasteiger partial charge on any atom is -0.339 e.